The van der Waals surface area contributed by atoms with Gasteiger partial charge in [-0.1, -0.05) is 0 Å². The lowest BCUT2D eigenvalue weighted by molar-refractivity contribution is 0.642. The molecule has 0 atom stereocenters. The van der Waals surface area contributed by atoms with Crippen molar-refractivity contribution in [2.75, 3.05) is 36.0 Å². The number of fused-ring (bicyclic) bond motifs is 2. The molecule has 0 spiro atoms. The molecule has 0 N–H and O–H groups in total. The summed E-state index contributed by atoms with van der Waals surface area (Å²) < 4.78 is 3.77. The third kappa shape index (κ3) is 2.47. The van der Waals surface area contributed by atoms with Crippen molar-refractivity contribution in [1.29, 1.82) is 0 Å². The first-order valence-electron chi connectivity index (χ1n) is 8.94. The van der Waals surface area contributed by atoms with Crippen molar-refractivity contribution < 1.29 is 0 Å². The van der Waals surface area contributed by atoms with Crippen LogP contribution in [0.3, 0.4) is 0 Å². The summed E-state index contributed by atoms with van der Waals surface area (Å²) in [7, 11) is 1.91. The Kier molecular flexibility index (Phi) is 3.46. The summed E-state index contributed by atoms with van der Waals surface area (Å²) in [6.45, 7) is 7.22. The maximum absolute atomic E-state index is 4.69. The van der Waals surface area contributed by atoms with Crippen LogP contribution >= 0.6 is 0 Å². The van der Waals surface area contributed by atoms with Crippen LogP contribution in [0.15, 0.2) is 18.6 Å². The minimum absolute atomic E-state index is 0.758. The highest BCUT2D eigenvalue weighted by atomic mass is 15.3. The van der Waals surface area contributed by atoms with Crippen molar-refractivity contribution in [3.05, 3.63) is 30.2 Å². The summed E-state index contributed by atoms with van der Waals surface area (Å²) in [5, 5.41) is 13.8. The second-order valence-corrected chi connectivity index (χ2v) is 6.77. The van der Waals surface area contributed by atoms with E-state index >= 15 is 0 Å². The highest BCUT2D eigenvalue weighted by Crippen LogP contribution is 2.26. The molecule has 27 heavy (non-hydrogen) atoms. The number of hydrogen-bond donors (Lipinski definition) is 0. The van der Waals surface area contributed by atoms with Crippen molar-refractivity contribution in [2.45, 2.75) is 13.8 Å². The predicted octanol–water partition coefficient (Wildman–Crippen LogP) is 0.744. The van der Waals surface area contributed by atoms with E-state index in [1.165, 1.54) is 0 Å². The zero-order chi connectivity index (χ0) is 18.5. The van der Waals surface area contributed by atoms with E-state index in [1.54, 1.807) is 10.9 Å². The molecule has 0 aromatic carbocycles. The fourth-order valence-corrected chi connectivity index (χ4v) is 3.64. The van der Waals surface area contributed by atoms with E-state index < -0.39 is 0 Å². The smallest absolute Gasteiger partial charge is 0.203 e. The molecule has 138 valence electrons. The van der Waals surface area contributed by atoms with Gasteiger partial charge in [0.25, 0.3) is 0 Å². The quantitative estimate of drug-likeness (QED) is 0.514. The van der Waals surface area contributed by atoms with Crippen molar-refractivity contribution in [2.24, 2.45) is 7.05 Å². The van der Waals surface area contributed by atoms with Gasteiger partial charge in [-0.25, -0.2) is 15.0 Å². The van der Waals surface area contributed by atoms with E-state index in [2.05, 4.69) is 35.1 Å². The third-order valence-electron chi connectivity index (χ3n) is 5.04. The van der Waals surface area contributed by atoms with Crippen molar-refractivity contribution >= 4 is 28.3 Å². The van der Waals surface area contributed by atoms with Crippen molar-refractivity contribution in [1.82, 2.24) is 39.3 Å². The largest absolute Gasteiger partial charge is 0.352 e. The maximum Gasteiger partial charge on any atom is 0.203 e. The Hall–Kier alpha value is -3.30. The van der Waals surface area contributed by atoms with Gasteiger partial charge in [-0.05, 0) is 13.8 Å². The van der Waals surface area contributed by atoms with E-state index in [1.807, 2.05) is 37.7 Å². The molecule has 0 aliphatic carbocycles. The molecule has 4 aromatic rings. The summed E-state index contributed by atoms with van der Waals surface area (Å²) >= 11 is 0. The van der Waals surface area contributed by atoms with Gasteiger partial charge in [0.2, 0.25) is 5.65 Å². The van der Waals surface area contributed by atoms with E-state index in [0.29, 0.717) is 0 Å². The van der Waals surface area contributed by atoms with Crippen LogP contribution in [0.2, 0.25) is 0 Å². The average molecular weight is 364 g/mol. The number of anilines is 2. The second kappa shape index (κ2) is 5.86. The molecule has 10 nitrogen and oxygen atoms in total. The summed E-state index contributed by atoms with van der Waals surface area (Å²) in [6, 6.07) is 0. The first kappa shape index (κ1) is 15.9. The summed E-state index contributed by atoms with van der Waals surface area (Å²) in [5.41, 5.74) is 1.67. The summed E-state index contributed by atoms with van der Waals surface area (Å²) in [5.74, 6) is 3.45. The molecular weight excluding hydrogens is 344 g/mol. The summed E-state index contributed by atoms with van der Waals surface area (Å²) in [4.78, 5) is 18.3. The molecule has 5 heterocycles. The molecule has 10 heteroatoms. The molecule has 0 radical (unpaired) electrons. The van der Waals surface area contributed by atoms with Crippen LogP contribution in [0.4, 0.5) is 11.6 Å². The minimum Gasteiger partial charge on any atom is -0.352 e. The van der Waals surface area contributed by atoms with Crippen LogP contribution < -0.4 is 9.80 Å². The van der Waals surface area contributed by atoms with E-state index in [-0.39, 0.29) is 0 Å². The third-order valence-corrected chi connectivity index (χ3v) is 5.04. The molecule has 1 aliphatic rings. The van der Waals surface area contributed by atoms with Crippen molar-refractivity contribution in [3.8, 4) is 0 Å². The number of piperazine rings is 1. The average Bonchev–Trinajstić information content (AvgIpc) is 3.25. The lowest BCUT2D eigenvalue weighted by atomic mass is 10.2. The molecule has 1 saturated heterocycles. The SMILES string of the molecule is Cc1nc(N2CCN(c3nccn4c(C)nnc34)CC2)c2cnn(C)c2n1. The van der Waals surface area contributed by atoms with E-state index in [9.17, 15) is 0 Å². The van der Waals surface area contributed by atoms with Gasteiger partial charge in [0.1, 0.15) is 17.5 Å². The van der Waals surface area contributed by atoms with Crippen LogP contribution in [0.25, 0.3) is 16.7 Å². The fraction of sp³-hybridized carbons (Fsp3) is 0.412. The minimum atomic E-state index is 0.758. The number of nitrogens with zero attached hydrogens (tertiary/aromatic N) is 10. The Balaban J connectivity index is 1.44. The fourth-order valence-electron chi connectivity index (χ4n) is 3.64. The zero-order valence-electron chi connectivity index (χ0n) is 15.5. The Morgan fingerprint density at radius 1 is 0.889 bits per heavy atom. The molecule has 0 bridgehead atoms. The van der Waals surface area contributed by atoms with Crippen LogP contribution in [0, 0.1) is 13.8 Å². The number of hydrogen-bond acceptors (Lipinski definition) is 8. The highest BCUT2D eigenvalue weighted by Gasteiger charge is 2.24. The molecule has 4 aromatic heterocycles. The summed E-state index contributed by atoms with van der Waals surface area (Å²) in [6.07, 6.45) is 5.54. The van der Waals surface area contributed by atoms with Gasteiger partial charge in [0.15, 0.2) is 11.5 Å². The van der Waals surface area contributed by atoms with Crippen LogP contribution in [0.1, 0.15) is 11.6 Å². The number of rotatable bonds is 2. The highest BCUT2D eigenvalue weighted by molar-refractivity contribution is 5.87. The van der Waals surface area contributed by atoms with Crippen LogP contribution in [-0.4, -0.2) is 65.5 Å². The number of aromatic nitrogens is 8. The van der Waals surface area contributed by atoms with Gasteiger partial charge >= 0.3 is 0 Å². The van der Waals surface area contributed by atoms with Gasteiger partial charge in [-0.15, -0.1) is 10.2 Å². The van der Waals surface area contributed by atoms with Crippen molar-refractivity contribution in [3.63, 3.8) is 0 Å². The lowest BCUT2D eigenvalue weighted by Crippen LogP contribution is -2.47. The molecular formula is C17H20N10. The Morgan fingerprint density at radius 3 is 2.41 bits per heavy atom. The first-order chi connectivity index (χ1) is 13.1. The Labute approximate surface area is 155 Å². The zero-order valence-corrected chi connectivity index (χ0v) is 15.5. The molecule has 5 rings (SSSR count). The number of aryl methyl sites for hydroxylation is 3. The molecule has 0 amide bonds. The second-order valence-electron chi connectivity index (χ2n) is 6.77. The molecule has 0 unspecified atom stereocenters. The van der Waals surface area contributed by atoms with Gasteiger partial charge < -0.3 is 9.80 Å². The maximum atomic E-state index is 4.69. The topological polar surface area (TPSA) is 93.2 Å². The van der Waals surface area contributed by atoms with Crippen LogP contribution in [-0.2, 0) is 7.05 Å². The Bertz CT molecular complexity index is 1140. The van der Waals surface area contributed by atoms with E-state index in [0.717, 1.165) is 66.1 Å². The standard InChI is InChI=1S/C17H20N10/c1-11-20-14-13(10-19-24(14)3)15(21-11)25-6-8-26(9-7-25)16-17-23-22-12(2)27(17)5-4-18-16/h4-5,10H,6-9H2,1-3H3. The predicted molar refractivity (Wildman–Crippen MR) is 101 cm³/mol. The monoisotopic (exact) mass is 364 g/mol. The lowest BCUT2D eigenvalue weighted by Gasteiger charge is -2.36. The van der Waals surface area contributed by atoms with Gasteiger partial charge in [-0.2, -0.15) is 5.10 Å². The van der Waals surface area contributed by atoms with E-state index in [4.69, 9.17) is 4.98 Å². The molecule has 1 aliphatic heterocycles. The normalized spacial score (nSPS) is 15.2. The first-order valence-corrected chi connectivity index (χ1v) is 8.94. The van der Waals surface area contributed by atoms with Gasteiger partial charge in [0, 0.05) is 45.6 Å². The molecule has 0 saturated carbocycles. The molecule has 1 fully saturated rings. The van der Waals surface area contributed by atoms with Gasteiger partial charge in [0.05, 0.1) is 11.6 Å². The Morgan fingerprint density at radius 2 is 1.63 bits per heavy atom. The van der Waals surface area contributed by atoms with Gasteiger partial charge in [-0.3, -0.25) is 9.08 Å². The van der Waals surface area contributed by atoms with Crippen LogP contribution in [0.5, 0.6) is 0 Å².